The number of likely N-dealkylation sites (tertiary alicyclic amines) is 1. The van der Waals surface area contributed by atoms with Gasteiger partial charge in [-0.2, -0.15) is 17.6 Å². The minimum absolute atomic E-state index is 0.00983. The maximum atomic E-state index is 13.9. The molecule has 1 aromatic heterocycles. The maximum Gasteiger partial charge on any atom is 0.396 e. The number of Topliss-reactive ketones (excluding diaryl/α,β-unsaturated/α-hetero) is 1. The van der Waals surface area contributed by atoms with Gasteiger partial charge in [0.1, 0.15) is 0 Å². The van der Waals surface area contributed by atoms with Gasteiger partial charge >= 0.3 is 6.18 Å². The molecule has 7 N–H and O–H groups in total. The number of H-pyrrole nitrogens is 1. The highest BCUT2D eigenvalue weighted by Crippen LogP contribution is 2.41. The number of nitrogens with two attached hydrogens (primary N) is 1. The molecule has 2 unspecified atom stereocenters. The van der Waals surface area contributed by atoms with Crippen molar-refractivity contribution in [2.45, 2.75) is 36.8 Å². The molecule has 0 saturated carbocycles. The number of rotatable bonds is 11. The Hall–Kier alpha value is -4.00. The van der Waals surface area contributed by atoms with E-state index in [9.17, 15) is 30.8 Å². The van der Waals surface area contributed by atoms with Crippen LogP contribution in [0.5, 0.6) is 0 Å². The summed E-state index contributed by atoms with van der Waals surface area (Å²) in [6.45, 7) is 4.08. The number of piperidine rings is 1. The highest BCUT2D eigenvalue weighted by molar-refractivity contribution is 7.89. The Labute approximate surface area is 270 Å². The van der Waals surface area contributed by atoms with Gasteiger partial charge in [-0.3, -0.25) is 4.79 Å². The van der Waals surface area contributed by atoms with Crippen molar-refractivity contribution in [3.8, 4) is 0 Å². The number of benzene rings is 1. The number of aromatic nitrogens is 1. The van der Waals surface area contributed by atoms with Crippen LogP contribution in [0.3, 0.4) is 0 Å². The van der Waals surface area contributed by atoms with Crippen molar-refractivity contribution < 1.29 is 36.5 Å². The van der Waals surface area contributed by atoms with Crippen LogP contribution in [0.25, 0.3) is 17.5 Å². The van der Waals surface area contributed by atoms with Crippen molar-refractivity contribution >= 4 is 33.3 Å². The minimum atomic E-state index is -4.41. The van der Waals surface area contributed by atoms with Crippen LogP contribution in [-0.2, 0) is 10.0 Å². The number of ketones is 1. The van der Waals surface area contributed by atoms with Crippen LogP contribution in [0.1, 0.15) is 47.3 Å². The van der Waals surface area contributed by atoms with Crippen molar-refractivity contribution in [2.24, 2.45) is 17.7 Å². The van der Waals surface area contributed by atoms with Crippen molar-refractivity contribution in [2.75, 3.05) is 32.7 Å². The number of fused-ring (bicyclic) bond motifs is 1. The third kappa shape index (κ3) is 8.11. The molecular weight excluding hydrogens is 636 g/mol. The molecule has 5 rings (SSSR count). The van der Waals surface area contributed by atoms with E-state index in [1.165, 1.54) is 54.4 Å². The molecule has 9 nitrogen and oxygen atoms in total. The summed E-state index contributed by atoms with van der Waals surface area (Å²) in [5.74, 6) is 3.14. The van der Waals surface area contributed by atoms with Crippen LogP contribution in [0.2, 0.25) is 0 Å². The average molecular weight is 674 g/mol. The van der Waals surface area contributed by atoms with Gasteiger partial charge in [0, 0.05) is 37.7 Å². The van der Waals surface area contributed by atoms with Crippen molar-refractivity contribution in [3.05, 3.63) is 93.7 Å². The molecule has 0 bridgehead atoms. The number of hydrazine groups is 1. The largest absolute Gasteiger partial charge is 0.396 e. The molecule has 2 aliphatic carbocycles. The quantitative estimate of drug-likeness (QED) is 0.0949. The number of nitrogens with zero attached hydrogens (tertiary/aromatic N) is 2. The van der Waals surface area contributed by atoms with Gasteiger partial charge in [-0.25, -0.2) is 19.0 Å². The summed E-state index contributed by atoms with van der Waals surface area (Å²) in [4.78, 5) is 17.3. The number of hydrogen-bond acceptors (Lipinski definition) is 6. The van der Waals surface area contributed by atoms with Gasteiger partial charge in [0.15, 0.2) is 17.3 Å². The topological polar surface area (TPSA) is 139 Å². The Kier molecular flexibility index (Phi) is 10.2. The van der Waals surface area contributed by atoms with E-state index >= 15 is 0 Å². The summed E-state index contributed by atoms with van der Waals surface area (Å²) < 4.78 is 82.6. The van der Waals surface area contributed by atoms with Gasteiger partial charge in [-0.1, -0.05) is 36.4 Å². The third-order valence-electron chi connectivity index (χ3n) is 8.60. The van der Waals surface area contributed by atoms with E-state index < -0.39 is 33.9 Å². The fourth-order valence-electron chi connectivity index (χ4n) is 6.18. The summed E-state index contributed by atoms with van der Waals surface area (Å²) in [6, 6.07) is 5.53. The van der Waals surface area contributed by atoms with Crippen molar-refractivity contribution in [3.63, 3.8) is 0 Å². The molecule has 2 atom stereocenters. The van der Waals surface area contributed by atoms with Crippen LogP contribution < -0.4 is 26.9 Å². The lowest BCUT2D eigenvalue weighted by Gasteiger charge is -2.33. The molecule has 1 saturated heterocycles. The summed E-state index contributed by atoms with van der Waals surface area (Å²) in [5.41, 5.74) is 10.7. The zero-order chi connectivity index (χ0) is 33.9. The maximum absolute atomic E-state index is 13.9. The number of sulfonamides is 1. The summed E-state index contributed by atoms with van der Waals surface area (Å²) in [6.07, 6.45) is 5.67. The Bertz CT molecular complexity index is 1910. The lowest BCUT2D eigenvalue weighted by Crippen LogP contribution is -2.50. The molecule has 0 radical (unpaired) electrons. The molecule has 14 heteroatoms. The monoisotopic (exact) mass is 673 g/mol. The number of carbonyl (C=O) groups is 1. The Morgan fingerprint density at radius 1 is 1.17 bits per heavy atom. The SMILES string of the molecule is CC(=O)c1[nH]c2c(c1/C([NH3+])=C/N(N)CC1CCN(CCNS(=O)(=O)c3ccc(C4C=CC=CC4C(F)(F)F)cc3)CC1)=CC(F)=C=C=2. The van der Waals surface area contributed by atoms with Gasteiger partial charge in [-0.05, 0) is 67.1 Å². The van der Waals surface area contributed by atoms with E-state index in [4.69, 9.17) is 5.84 Å². The second kappa shape index (κ2) is 14.0. The molecule has 2 aromatic rings. The predicted octanol–water partition coefficient (Wildman–Crippen LogP) is 2.19. The van der Waals surface area contributed by atoms with Crippen molar-refractivity contribution in [1.29, 1.82) is 0 Å². The first-order valence-electron chi connectivity index (χ1n) is 15.2. The number of hydrogen-bond donors (Lipinski definition) is 4. The molecule has 47 heavy (non-hydrogen) atoms. The number of nitrogens with one attached hydrogen (secondary N) is 2. The number of halogens is 4. The van der Waals surface area contributed by atoms with Crippen LogP contribution >= 0.6 is 0 Å². The molecule has 0 spiro atoms. The Morgan fingerprint density at radius 2 is 1.85 bits per heavy atom. The lowest BCUT2D eigenvalue weighted by molar-refractivity contribution is -0.245. The average Bonchev–Trinajstić information content (AvgIpc) is 3.41. The predicted molar refractivity (Wildman–Crippen MR) is 169 cm³/mol. The number of alkyl halides is 3. The van der Waals surface area contributed by atoms with E-state index in [-0.39, 0.29) is 23.1 Å². The smallest absolute Gasteiger partial charge is 0.344 e. The highest BCUT2D eigenvalue weighted by atomic mass is 32.2. The van der Waals surface area contributed by atoms with E-state index in [1.807, 2.05) is 0 Å². The van der Waals surface area contributed by atoms with E-state index in [0.29, 0.717) is 46.2 Å². The van der Waals surface area contributed by atoms with Gasteiger partial charge in [0.05, 0.1) is 33.6 Å². The lowest BCUT2D eigenvalue weighted by atomic mass is 9.82. The fourth-order valence-corrected chi connectivity index (χ4v) is 7.20. The van der Waals surface area contributed by atoms with E-state index in [0.717, 1.165) is 32.0 Å². The van der Waals surface area contributed by atoms with Crippen LogP contribution in [0.15, 0.2) is 71.2 Å². The molecule has 1 aromatic carbocycles. The molecule has 0 amide bonds. The molecule has 1 fully saturated rings. The third-order valence-corrected chi connectivity index (χ3v) is 10.1. The summed E-state index contributed by atoms with van der Waals surface area (Å²) >= 11 is 0. The highest BCUT2D eigenvalue weighted by Gasteiger charge is 2.43. The first-order valence-corrected chi connectivity index (χ1v) is 16.7. The minimum Gasteiger partial charge on any atom is -0.344 e. The van der Waals surface area contributed by atoms with E-state index in [2.05, 4.69) is 31.8 Å². The number of quaternary nitrogens is 1. The summed E-state index contributed by atoms with van der Waals surface area (Å²) in [7, 11) is -3.85. The molecule has 3 aliphatic rings. The standard InChI is InChI=1S/C33H36F4N6O3S/c1-21(44)32-31(27-18-24(34)8-11-30(27)41-32)29(38)20-43(39)19-22-12-15-42(16-13-22)17-14-40-47(45,46)25-9-6-23(7-10-25)26-4-2-3-5-28(26)33(35,36)37/h2-7,9-10,18,20,22,26,28,40-41H,12-17,19,38-39H2,1H3/p+1/b29-20-. The summed E-state index contributed by atoms with van der Waals surface area (Å²) in [5, 5.41) is 2.44. The molecule has 1 aliphatic heterocycles. The fraction of sp³-hybridized carbons (Fsp3) is 0.364. The normalized spacial score (nSPS) is 20.4. The Balaban J connectivity index is 1.10. The van der Waals surface area contributed by atoms with Crippen molar-refractivity contribution in [1.82, 2.24) is 19.6 Å². The van der Waals surface area contributed by atoms with Crippen LogP contribution in [0.4, 0.5) is 17.6 Å². The van der Waals surface area contributed by atoms with Gasteiger partial charge in [0.25, 0.3) is 0 Å². The van der Waals surface area contributed by atoms with Gasteiger partial charge in [-0.15, -0.1) is 0 Å². The van der Waals surface area contributed by atoms with Gasteiger partial charge in [0.2, 0.25) is 10.0 Å². The first-order chi connectivity index (χ1) is 22.2. The van der Waals surface area contributed by atoms with E-state index in [1.54, 1.807) is 12.3 Å². The number of aromatic amines is 1. The number of allylic oxidation sites excluding steroid dienone is 5. The molecular formula is C33H37F4N6O3S+. The molecule has 2 heterocycles. The number of carbonyl (C=O) groups excluding carboxylic acids is 1. The first kappa shape index (κ1) is 34.3. The zero-order valence-corrected chi connectivity index (χ0v) is 26.6. The van der Waals surface area contributed by atoms with Crippen LogP contribution in [0, 0.1) is 11.8 Å². The zero-order valence-electron chi connectivity index (χ0n) is 25.8. The van der Waals surface area contributed by atoms with Gasteiger partial charge < -0.3 is 20.6 Å². The molecule has 250 valence electrons. The Morgan fingerprint density at radius 3 is 2.51 bits per heavy atom. The second-order valence-corrected chi connectivity index (χ2v) is 13.7. The van der Waals surface area contributed by atoms with Crippen LogP contribution in [-0.4, -0.2) is 68.0 Å². The second-order valence-electron chi connectivity index (χ2n) is 11.9.